The molecule has 0 aliphatic carbocycles. The van der Waals surface area contributed by atoms with E-state index >= 15 is 0 Å². The van der Waals surface area contributed by atoms with Gasteiger partial charge < -0.3 is 10.5 Å². The van der Waals surface area contributed by atoms with Crippen LogP contribution in [0.3, 0.4) is 0 Å². The summed E-state index contributed by atoms with van der Waals surface area (Å²) in [5.74, 6) is 1.53. The number of ether oxygens (including phenoxy) is 1. The highest BCUT2D eigenvalue weighted by Gasteiger charge is 2.28. The molecule has 0 saturated carbocycles. The summed E-state index contributed by atoms with van der Waals surface area (Å²) < 4.78 is 6.32. The molecule has 2 aromatic carbocycles. The van der Waals surface area contributed by atoms with Crippen LogP contribution in [0.15, 0.2) is 54.6 Å². The number of para-hydroxylation sites is 1. The van der Waals surface area contributed by atoms with Gasteiger partial charge in [-0.05, 0) is 25.1 Å². The maximum absolute atomic E-state index is 6.32. The minimum absolute atomic E-state index is 0.422. The van der Waals surface area contributed by atoms with Gasteiger partial charge >= 0.3 is 0 Å². The van der Waals surface area contributed by atoms with Crippen LogP contribution >= 0.6 is 12.6 Å². The van der Waals surface area contributed by atoms with E-state index in [9.17, 15) is 0 Å². The second-order valence-corrected chi connectivity index (χ2v) is 5.32. The van der Waals surface area contributed by atoms with Crippen molar-refractivity contribution in [1.29, 1.82) is 0 Å². The first-order valence-corrected chi connectivity index (χ1v) is 7.46. The van der Waals surface area contributed by atoms with E-state index in [-0.39, 0.29) is 0 Å². The Bertz CT molecular complexity index is 544. The molecule has 0 fully saturated rings. The van der Waals surface area contributed by atoms with Crippen LogP contribution in [0, 0.1) is 0 Å². The van der Waals surface area contributed by atoms with Crippen LogP contribution in [-0.4, -0.2) is 6.54 Å². The van der Waals surface area contributed by atoms with Gasteiger partial charge in [-0.25, -0.2) is 0 Å². The standard InChI is InChI=1S/C17H21NOS/c1-17(11-12-18,15-8-3-2-4-9-15)19-16-10-6-5-7-14(16)13-20/h2-10,20H,11-13,18H2,1H3. The molecule has 0 aliphatic heterocycles. The van der Waals surface area contributed by atoms with Gasteiger partial charge in [0, 0.05) is 17.7 Å². The molecule has 0 radical (unpaired) electrons. The molecule has 0 saturated heterocycles. The molecule has 0 heterocycles. The van der Waals surface area contributed by atoms with Crippen LogP contribution < -0.4 is 10.5 Å². The molecule has 0 amide bonds. The molecule has 3 heteroatoms. The van der Waals surface area contributed by atoms with E-state index in [1.807, 2.05) is 42.5 Å². The lowest BCUT2D eigenvalue weighted by Crippen LogP contribution is -2.32. The highest BCUT2D eigenvalue weighted by molar-refractivity contribution is 7.79. The van der Waals surface area contributed by atoms with Crippen LogP contribution in [0.4, 0.5) is 0 Å². The molecule has 0 aromatic heterocycles. The molecule has 106 valence electrons. The monoisotopic (exact) mass is 287 g/mol. The number of benzene rings is 2. The number of hydrogen-bond donors (Lipinski definition) is 2. The molecule has 0 aliphatic rings. The maximum atomic E-state index is 6.32. The van der Waals surface area contributed by atoms with Crippen molar-refractivity contribution in [2.75, 3.05) is 6.54 Å². The van der Waals surface area contributed by atoms with Gasteiger partial charge in [0.05, 0.1) is 0 Å². The molecule has 1 atom stereocenters. The number of hydrogen-bond acceptors (Lipinski definition) is 3. The van der Waals surface area contributed by atoms with Gasteiger partial charge in [-0.3, -0.25) is 0 Å². The zero-order valence-corrected chi connectivity index (χ0v) is 12.6. The van der Waals surface area contributed by atoms with Crippen LogP contribution in [0.25, 0.3) is 0 Å². The van der Waals surface area contributed by atoms with E-state index in [0.717, 1.165) is 23.3 Å². The van der Waals surface area contributed by atoms with Crippen molar-refractivity contribution >= 4 is 12.6 Å². The Morgan fingerprint density at radius 3 is 2.35 bits per heavy atom. The van der Waals surface area contributed by atoms with Crippen molar-refractivity contribution in [3.05, 3.63) is 65.7 Å². The summed E-state index contributed by atoms with van der Waals surface area (Å²) >= 11 is 4.36. The first kappa shape index (κ1) is 14.9. The predicted molar refractivity (Wildman–Crippen MR) is 87.2 cm³/mol. The summed E-state index contributed by atoms with van der Waals surface area (Å²) in [6.07, 6.45) is 0.762. The Morgan fingerprint density at radius 1 is 1.05 bits per heavy atom. The highest BCUT2D eigenvalue weighted by atomic mass is 32.1. The quantitative estimate of drug-likeness (QED) is 0.793. The molecule has 2 nitrogen and oxygen atoms in total. The Hall–Kier alpha value is -1.45. The zero-order valence-electron chi connectivity index (χ0n) is 11.8. The predicted octanol–water partition coefficient (Wildman–Crippen LogP) is 3.76. The van der Waals surface area contributed by atoms with Gasteiger partial charge in [0.15, 0.2) is 0 Å². The first-order valence-electron chi connectivity index (χ1n) is 6.83. The number of nitrogens with two attached hydrogens (primary N) is 1. The lowest BCUT2D eigenvalue weighted by Gasteiger charge is -2.32. The summed E-state index contributed by atoms with van der Waals surface area (Å²) in [5.41, 5.74) is 7.59. The fourth-order valence-electron chi connectivity index (χ4n) is 2.30. The molecule has 1 unspecified atom stereocenters. The van der Waals surface area contributed by atoms with Crippen molar-refractivity contribution in [2.45, 2.75) is 24.7 Å². The van der Waals surface area contributed by atoms with E-state index in [2.05, 4.69) is 31.7 Å². The summed E-state index contributed by atoms with van der Waals surface area (Å²) in [4.78, 5) is 0. The van der Waals surface area contributed by atoms with Crippen LogP contribution in [0.5, 0.6) is 5.75 Å². The topological polar surface area (TPSA) is 35.2 Å². The third-order valence-corrected chi connectivity index (χ3v) is 3.82. The average Bonchev–Trinajstić information content (AvgIpc) is 2.49. The Labute approximate surface area is 126 Å². The molecule has 2 N–H and O–H groups in total. The SMILES string of the molecule is CC(CCN)(Oc1ccccc1CS)c1ccccc1. The fourth-order valence-corrected chi connectivity index (χ4v) is 2.56. The van der Waals surface area contributed by atoms with Crippen LogP contribution in [0.2, 0.25) is 0 Å². The Morgan fingerprint density at radius 2 is 1.70 bits per heavy atom. The van der Waals surface area contributed by atoms with Crippen molar-refractivity contribution < 1.29 is 4.74 Å². The van der Waals surface area contributed by atoms with Crippen LogP contribution in [0.1, 0.15) is 24.5 Å². The Kier molecular flexibility index (Phi) is 5.10. The molecular formula is C17H21NOS. The zero-order chi connectivity index (χ0) is 14.4. The smallest absolute Gasteiger partial charge is 0.132 e. The normalized spacial score (nSPS) is 13.8. The van der Waals surface area contributed by atoms with E-state index in [4.69, 9.17) is 10.5 Å². The number of thiol groups is 1. The summed E-state index contributed by atoms with van der Waals surface area (Å²) in [5, 5.41) is 0. The molecule has 2 rings (SSSR count). The van der Waals surface area contributed by atoms with Gasteiger partial charge in [-0.1, -0.05) is 48.5 Å². The second kappa shape index (κ2) is 6.82. The fraction of sp³-hybridized carbons (Fsp3) is 0.294. The highest BCUT2D eigenvalue weighted by Crippen LogP contribution is 2.33. The largest absolute Gasteiger partial charge is 0.483 e. The molecule has 2 aromatic rings. The van der Waals surface area contributed by atoms with Gasteiger partial charge in [0.1, 0.15) is 11.4 Å². The molecular weight excluding hydrogens is 266 g/mol. The molecule has 0 bridgehead atoms. The van der Waals surface area contributed by atoms with Gasteiger partial charge in [-0.2, -0.15) is 12.6 Å². The van der Waals surface area contributed by atoms with Crippen molar-refractivity contribution in [3.8, 4) is 5.75 Å². The van der Waals surface area contributed by atoms with E-state index in [1.54, 1.807) is 0 Å². The molecule has 0 spiro atoms. The van der Waals surface area contributed by atoms with Crippen molar-refractivity contribution in [2.24, 2.45) is 5.73 Å². The van der Waals surface area contributed by atoms with E-state index < -0.39 is 5.60 Å². The van der Waals surface area contributed by atoms with Crippen LogP contribution in [-0.2, 0) is 11.4 Å². The summed E-state index contributed by atoms with van der Waals surface area (Å²) in [7, 11) is 0. The third-order valence-electron chi connectivity index (χ3n) is 3.48. The lowest BCUT2D eigenvalue weighted by molar-refractivity contribution is 0.0787. The van der Waals surface area contributed by atoms with Gasteiger partial charge in [0.2, 0.25) is 0 Å². The number of rotatable bonds is 6. The molecule has 20 heavy (non-hydrogen) atoms. The minimum atomic E-state index is -0.422. The lowest BCUT2D eigenvalue weighted by atomic mass is 9.92. The van der Waals surface area contributed by atoms with Gasteiger partial charge in [-0.15, -0.1) is 0 Å². The second-order valence-electron chi connectivity index (χ2n) is 5.00. The van der Waals surface area contributed by atoms with Crippen molar-refractivity contribution in [1.82, 2.24) is 0 Å². The first-order chi connectivity index (χ1) is 9.69. The summed E-state index contributed by atoms with van der Waals surface area (Å²) in [6.45, 7) is 2.67. The summed E-state index contributed by atoms with van der Waals surface area (Å²) in [6, 6.07) is 18.2. The Balaban J connectivity index is 2.34. The van der Waals surface area contributed by atoms with Crippen molar-refractivity contribution in [3.63, 3.8) is 0 Å². The third kappa shape index (κ3) is 3.35. The average molecular weight is 287 g/mol. The van der Waals surface area contributed by atoms with E-state index in [1.165, 1.54) is 0 Å². The minimum Gasteiger partial charge on any atom is -0.483 e. The van der Waals surface area contributed by atoms with Gasteiger partial charge in [0.25, 0.3) is 0 Å². The maximum Gasteiger partial charge on any atom is 0.132 e. The van der Waals surface area contributed by atoms with E-state index in [0.29, 0.717) is 12.3 Å².